The van der Waals surface area contributed by atoms with Crippen molar-refractivity contribution in [3.05, 3.63) is 0 Å². The minimum absolute atomic E-state index is 0.102. The Balaban J connectivity index is 2.01. The van der Waals surface area contributed by atoms with Crippen molar-refractivity contribution < 1.29 is 9.53 Å². The fraction of sp³-hybridized carbons (Fsp3) is 0.923. The quantitative estimate of drug-likeness (QED) is 0.679. The van der Waals surface area contributed by atoms with E-state index in [1.54, 1.807) is 0 Å². The second kappa shape index (κ2) is 7.66. The van der Waals surface area contributed by atoms with Crippen LogP contribution in [0.25, 0.3) is 0 Å². The lowest BCUT2D eigenvalue weighted by molar-refractivity contribution is -0.144. The van der Waals surface area contributed by atoms with Gasteiger partial charge in [0.1, 0.15) is 0 Å². The Bertz CT molecular complexity index is 200. The monoisotopic (exact) mass is 227 g/mol. The third kappa shape index (κ3) is 5.50. The van der Waals surface area contributed by atoms with Gasteiger partial charge in [-0.1, -0.05) is 33.1 Å². The van der Waals surface area contributed by atoms with Crippen molar-refractivity contribution in [2.24, 2.45) is 5.92 Å². The van der Waals surface area contributed by atoms with Gasteiger partial charge in [0.2, 0.25) is 0 Å². The molecule has 0 saturated heterocycles. The van der Waals surface area contributed by atoms with Crippen LogP contribution < -0.4 is 5.32 Å². The molecule has 0 spiro atoms. The minimum atomic E-state index is -0.102. The van der Waals surface area contributed by atoms with Crippen LogP contribution in [0.5, 0.6) is 0 Å². The molecule has 3 heteroatoms. The molecule has 3 nitrogen and oxygen atoms in total. The molecule has 94 valence electrons. The molecule has 0 amide bonds. The number of rotatable bonds is 7. The molecular weight excluding hydrogens is 202 g/mol. The van der Waals surface area contributed by atoms with E-state index < -0.39 is 0 Å². The van der Waals surface area contributed by atoms with Crippen LogP contribution in [0.3, 0.4) is 0 Å². The highest BCUT2D eigenvalue weighted by Crippen LogP contribution is 2.17. The lowest BCUT2D eigenvalue weighted by atomic mass is 10.1. The van der Waals surface area contributed by atoms with Gasteiger partial charge < -0.3 is 10.1 Å². The number of carbonyl (C=O) groups excluding carboxylic acids is 1. The van der Waals surface area contributed by atoms with Crippen molar-refractivity contribution in [1.82, 2.24) is 5.32 Å². The van der Waals surface area contributed by atoms with Gasteiger partial charge in [0, 0.05) is 6.04 Å². The Kier molecular flexibility index (Phi) is 6.46. The maximum atomic E-state index is 11.4. The lowest BCUT2D eigenvalue weighted by Gasteiger charge is -2.13. The van der Waals surface area contributed by atoms with E-state index in [2.05, 4.69) is 19.2 Å². The standard InChI is InChI=1S/C13H25NO2/c1-3-6-11(2)10-16-13(15)9-14-12-7-4-5-8-12/h11-12,14H,3-10H2,1-2H3. The summed E-state index contributed by atoms with van der Waals surface area (Å²) in [6.45, 7) is 5.23. The molecule has 1 aliphatic rings. The second-order valence-corrected chi connectivity index (χ2v) is 4.94. The Morgan fingerprint density at radius 2 is 2.12 bits per heavy atom. The van der Waals surface area contributed by atoms with Gasteiger partial charge in [-0.2, -0.15) is 0 Å². The molecule has 16 heavy (non-hydrogen) atoms. The van der Waals surface area contributed by atoms with Gasteiger partial charge in [-0.15, -0.1) is 0 Å². The fourth-order valence-electron chi connectivity index (χ4n) is 2.22. The van der Waals surface area contributed by atoms with Crippen LogP contribution in [0.15, 0.2) is 0 Å². The van der Waals surface area contributed by atoms with E-state index in [0.717, 1.165) is 12.8 Å². The van der Waals surface area contributed by atoms with E-state index in [4.69, 9.17) is 4.74 Å². The van der Waals surface area contributed by atoms with Crippen molar-refractivity contribution in [2.45, 2.75) is 58.4 Å². The van der Waals surface area contributed by atoms with Crippen LogP contribution >= 0.6 is 0 Å². The highest BCUT2D eigenvalue weighted by atomic mass is 16.5. The molecule has 1 aliphatic carbocycles. The third-order valence-corrected chi connectivity index (χ3v) is 3.20. The predicted molar refractivity (Wildman–Crippen MR) is 65.3 cm³/mol. The number of nitrogens with one attached hydrogen (secondary N) is 1. The third-order valence-electron chi connectivity index (χ3n) is 3.20. The lowest BCUT2D eigenvalue weighted by Crippen LogP contribution is -2.33. The van der Waals surface area contributed by atoms with Gasteiger partial charge in [-0.05, 0) is 25.2 Å². The van der Waals surface area contributed by atoms with Crippen molar-refractivity contribution >= 4 is 5.97 Å². The second-order valence-electron chi connectivity index (χ2n) is 4.94. The maximum absolute atomic E-state index is 11.4. The average molecular weight is 227 g/mol. The van der Waals surface area contributed by atoms with Crippen LogP contribution in [-0.4, -0.2) is 25.2 Å². The SMILES string of the molecule is CCCC(C)COC(=O)CNC1CCCC1. The van der Waals surface area contributed by atoms with Gasteiger partial charge in [0.25, 0.3) is 0 Å². The van der Waals surface area contributed by atoms with Crippen molar-refractivity contribution in [2.75, 3.05) is 13.2 Å². The molecule has 0 bridgehead atoms. The van der Waals surface area contributed by atoms with E-state index in [-0.39, 0.29) is 5.97 Å². The number of esters is 1. The first kappa shape index (κ1) is 13.5. The molecule has 1 rings (SSSR count). The van der Waals surface area contributed by atoms with E-state index in [1.807, 2.05) is 0 Å². The summed E-state index contributed by atoms with van der Waals surface area (Å²) in [6.07, 6.45) is 7.28. The van der Waals surface area contributed by atoms with E-state index in [9.17, 15) is 4.79 Å². The van der Waals surface area contributed by atoms with Gasteiger partial charge in [0.15, 0.2) is 0 Å². The minimum Gasteiger partial charge on any atom is -0.464 e. The molecule has 0 heterocycles. The van der Waals surface area contributed by atoms with Crippen molar-refractivity contribution in [3.8, 4) is 0 Å². The summed E-state index contributed by atoms with van der Waals surface area (Å²) in [5.74, 6) is 0.385. The first-order chi connectivity index (χ1) is 7.72. The average Bonchev–Trinajstić information content (AvgIpc) is 2.77. The molecular formula is C13H25NO2. The summed E-state index contributed by atoms with van der Waals surface area (Å²) >= 11 is 0. The van der Waals surface area contributed by atoms with Gasteiger partial charge in [-0.25, -0.2) is 0 Å². The normalized spacial score (nSPS) is 18.6. The molecule has 1 saturated carbocycles. The van der Waals surface area contributed by atoms with Crippen LogP contribution in [0.1, 0.15) is 52.4 Å². The Hall–Kier alpha value is -0.570. The first-order valence-corrected chi connectivity index (χ1v) is 6.61. The van der Waals surface area contributed by atoms with Crippen LogP contribution in [0, 0.1) is 5.92 Å². The van der Waals surface area contributed by atoms with Crippen molar-refractivity contribution in [1.29, 1.82) is 0 Å². The molecule has 1 unspecified atom stereocenters. The number of hydrogen-bond donors (Lipinski definition) is 1. The number of carbonyl (C=O) groups is 1. The zero-order chi connectivity index (χ0) is 11.8. The first-order valence-electron chi connectivity index (χ1n) is 6.61. The number of hydrogen-bond acceptors (Lipinski definition) is 3. The topological polar surface area (TPSA) is 38.3 Å². The largest absolute Gasteiger partial charge is 0.464 e. The highest BCUT2D eigenvalue weighted by Gasteiger charge is 2.15. The van der Waals surface area contributed by atoms with E-state index in [1.165, 1.54) is 25.7 Å². The summed E-state index contributed by atoms with van der Waals surface area (Å²) < 4.78 is 5.21. The molecule has 1 atom stereocenters. The molecule has 1 fully saturated rings. The van der Waals surface area contributed by atoms with Gasteiger partial charge in [-0.3, -0.25) is 4.79 Å². The van der Waals surface area contributed by atoms with Gasteiger partial charge >= 0.3 is 5.97 Å². The zero-order valence-corrected chi connectivity index (χ0v) is 10.6. The highest BCUT2D eigenvalue weighted by molar-refractivity contribution is 5.71. The Labute approximate surface area is 98.9 Å². The van der Waals surface area contributed by atoms with Crippen LogP contribution in [0.2, 0.25) is 0 Å². The predicted octanol–water partition coefficient (Wildman–Crippen LogP) is 2.50. The Morgan fingerprint density at radius 1 is 1.44 bits per heavy atom. The molecule has 1 N–H and O–H groups in total. The van der Waals surface area contributed by atoms with Gasteiger partial charge in [0.05, 0.1) is 13.2 Å². The van der Waals surface area contributed by atoms with Crippen molar-refractivity contribution in [3.63, 3.8) is 0 Å². The summed E-state index contributed by atoms with van der Waals surface area (Å²) in [5, 5.41) is 3.26. The summed E-state index contributed by atoms with van der Waals surface area (Å²) in [5.41, 5.74) is 0. The smallest absolute Gasteiger partial charge is 0.319 e. The fourth-order valence-corrected chi connectivity index (χ4v) is 2.22. The van der Waals surface area contributed by atoms with E-state index in [0.29, 0.717) is 25.1 Å². The molecule has 0 aromatic rings. The number of ether oxygens (including phenoxy) is 1. The molecule has 0 aromatic carbocycles. The zero-order valence-electron chi connectivity index (χ0n) is 10.6. The van der Waals surface area contributed by atoms with E-state index >= 15 is 0 Å². The Morgan fingerprint density at radius 3 is 2.75 bits per heavy atom. The molecule has 0 aromatic heterocycles. The maximum Gasteiger partial charge on any atom is 0.319 e. The molecule has 0 aliphatic heterocycles. The van der Waals surface area contributed by atoms with Crippen LogP contribution in [-0.2, 0) is 9.53 Å². The molecule has 0 radical (unpaired) electrons. The van der Waals surface area contributed by atoms with Crippen LogP contribution in [0.4, 0.5) is 0 Å². The summed E-state index contributed by atoms with van der Waals surface area (Å²) in [6, 6.07) is 0.542. The summed E-state index contributed by atoms with van der Waals surface area (Å²) in [4.78, 5) is 11.4. The summed E-state index contributed by atoms with van der Waals surface area (Å²) in [7, 11) is 0.